The van der Waals surface area contributed by atoms with Gasteiger partial charge in [0.05, 0.1) is 5.41 Å². The highest BCUT2D eigenvalue weighted by Crippen LogP contribution is 2.58. The Labute approximate surface area is 408 Å². The van der Waals surface area contributed by atoms with E-state index in [4.69, 9.17) is 4.42 Å². The fourth-order valence-corrected chi connectivity index (χ4v) is 12.1. The van der Waals surface area contributed by atoms with Gasteiger partial charge in [-0.05, 0) is 155 Å². The van der Waals surface area contributed by atoms with E-state index in [0.717, 1.165) is 50.1 Å². The van der Waals surface area contributed by atoms with Crippen molar-refractivity contribution in [2.75, 3.05) is 4.90 Å². The zero-order valence-electron chi connectivity index (χ0n) is 39.0. The minimum Gasteiger partial charge on any atom is -0.456 e. The lowest BCUT2D eigenvalue weighted by atomic mass is 9.68. The fourth-order valence-electron chi connectivity index (χ4n) is 12.1. The normalized spacial score (nSPS) is 13.8. The lowest BCUT2D eigenvalue weighted by molar-refractivity contribution is 0.660. The molecular formula is C68H47NO. The van der Waals surface area contributed by atoms with E-state index in [-0.39, 0.29) is 5.41 Å². The molecule has 0 N–H and O–H groups in total. The Morgan fingerprint density at radius 1 is 0.314 bits per heavy atom. The highest BCUT2D eigenvalue weighted by Gasteiger charge is 2.46. The van der Waals surface area contributed by atoms with Gasteiger partial charge in [-0.1, -0.05) is 196 Å². The maximum Gasteiger partial charge on any atom is 0.135 e. The van der Waals surface area contributed by atoms with Crippen LogP contribution in [0.25, 0.3) is 77.2 Å². The summed E-state index contributed by atoms with van der Waals surface area (Å²) >= 11 is 0. The zero-order valence-corrected chi connectivity index (χ0v) is 39.0. The van der Waals surface area contributed by atoms with Crippen LogP contribution in [0.15, 0.2) is 253 Å². The third-order valence-electron chi connectivity index (χ3n) is 15.5. The van der Waals surface area contributed by atoms with Gasteiger partial charge in [0.25, 0.3) is 0 Å². The number of furan rings is 1. The average molecular weight is 894 g/mol. The van der Waals surface area contributed by atoms with Gasteiger partial charge in [-0.3, -0.25) is 0 Å². The Bertz CT molecular complexity index is 3990. The van der Waals surface area contributed by atoms with E-state index < -0.39 is 5.41 Å². The molecule has 1 aromatic heterocycles. The first-order valence-electron chi connectivity index (χ1n) is 24.4. The largest absolute Gasteiger partial charge is 0.456 e. The van der Waals surface area contributed by atoms with Crippen LogP contribution in [0.1, 0.15) is 47.2 Å². The van der Waals surface area contributed by atoms with Gasteiger partial charge < -0.3 is 9.32 Å². The molecule has 0 saturated carbocycles. The van der Waals surface area contributed by atoms with Crippen molar-refractivity contribution >= 4 is 49.8 Å². The van der Waals surface area contributed by atoms with Crippen molar-refractivity contribution in [3.8, 4) is 44.5 Å². The second-order valence-corrected chi connectivity index (χ2v) is 19.6. The minimum absolute atomic E-state index is 0.235. The number of para-hydroxylation sites is 1. The molecule has 0 amide bonds. The third-order valence-corrected chi connectivity index (χ3v) is 15.5. The summed E-state index contributed by atoms with van der Waals surface area (Å²) in [4.78, 5) is 2.46. The van der Waals surface area contributed by atoms with Gasteiger partial charge in [0.1, 0.15) is 11.2 Å². The monoisotopic (exact) mass is 893 g/mol. The fraction of sp³-hybridized carbons (Fsp3) is 0.0588. The molecule has 2 heteroatoms. The van der Waals surface area contributed by atoms with Gasteiger partial charge in [0.15, 0.2) is 0 Å². The summed E-state index contributed by atoms with van der Waals surface area (Å²) in [5.74, 6) is 0. The molecule has 0 saturated heterocycles. The smallest absolute Gasteiger partial charge is 0.135 e. The summed E-state index contributed by atoms with van der Waals surface area (Å²) in [6.07, 6.45) is 0. The number of hydrogen-bond acceptors (Lipinski definition) is 2. The molecule has 0 unspecified atom stereocenters. The molecule has 70 heavy (non-hydrogen) atoms. The molecule has 330 valence electrons. The van der Waals surface area contributed by atoms with E-state index in [0.29, 0.717) is 0 Å². The molecule has 0 aliphatic heterocycles. The Morgan fingerprint density at radius 2 is 0.843 bits per heavy atom. The topological polar surface area (TPSA) is 16.4 Å². The van der Waals surface area contributed by atoms with Crippen LogP contribution in [0.2, 0.25) is 0 Å². The van der Waals surface area contributed by atoms with Crippen molar-refractivity contribution in [2.24, 2.45) is 0 Å². The second kappa shape index (κ2) is 15.4. The van der Waals surface area contributed by atoms with Crippen LogP contribution in [0.3, 0.4) is 0 Å². The highest BCUT2D eigenvalue weighted by atomic mass is 16.3. The molecule has 0 radical (unpaired) electrons. The van der Waals surface area contributed by atoms with E-state index in [1.807, 2.05) is 12.1 Å². The predicted octanol–water partition coefficient (Wildman–Crippen LogP) is 18.2. The van der Waals surface area contributed by atoms with E-state index in [1.54, 1.807) is 0 Å². The summed E-state index contributed by atoms with van der Waals surface area (Å²) < 4.78 is 6.21. The molecule has 0 fully saturated rings. The van der Waals surface area contributed by atoms with Crippen LogP contribution in [-0.4, -0.2) is 0 Å². The number of benzene rings is 11. The van der Waals surface area contributed by atoms with Crippen LogP contribution in [0, 0.1) is 0 Å². The van der Waals surface area contributed by atoms with E-state index in [9.17, 15) is 0 Å². The average Bonchev–Trinajstić information content (AvgIpc) is 4.02. The van der Waals surface area contributed by atoms with E-state index in [2.05, 4.69) is 255 Å². The lowest BCUT2D eigenvalue weighted by Gasteiger charge is -2.34. The first-order valence-corrected chi connectivity index (χ1v) is 24.4. The lowest BCUT2D eigenvalue weighted by Crippen LogP contribution is -2.28. The van der Waals surface area contributed by atoms with Crippen LogP contribution in [-0.2, 0) is 10.8 Å². The molecule has 0 atom stereocenters. The highest BCUT2D eigenvalue weighted by molar-refractivity contribution is 6.06. The minimum atomic E-state index is -0.476. The number of nitrogens with zero attached hydrogens (tertiary/aromatic N) is 1. The summed E-state index contributed by atoms with van der Waals surface area (Å²) in [6, 6.07) is 92.0. The standard InChI is InChI=1S/C68H47NO/c1-67(2)63-41-49(47-26-25-44-15-9-10-16-46(44)39-47)29-35-56(63)57-36-33-54(43-64(57)67)69(52-31-27-45(28-32-52)48-30-38-66-60(40-48)58-22-12-14-24-65(58)70-66)53-34-37-62-59(42-53)55-21-11-13-23-61(55)68(62,50-17-5-3-6-18-50)51-19-7-4-8-20-51/h3-43H,1-2H3. The van der Waals surface area contributed by atoms with Crippen molar-refractivity contribution in [2.45, 2.75) is 24.7 Å². The van der Waals surface area contributed by atoms with Crippen LogP contribution < -0.4 is 4.90 Å². The van der Waals surface area contributed by atoms with Crippen molar-refractivity contribution in [1.29, 1.82) is 0 Å². The Morgan fingerprint density at radius 3 is 1.64 bits per heavy atom. The van der Waals surface area contributed by atoms with Gasteiger partial charge in [-0.15, -0.1) is 0 Å². The van der Waals surface area contributed by atoms with Crippen molar-refractivity contribution in [1.82, 2.24) is 0 Å². The molecule has 0 bridgehead atoms. The zero-order chi connectivity index (χ0) is 46.6. The molecule has 2 aliphatic carbocycles. The van der Waals surface area contributed by atoms with Crippen LogP contribution >= 0.6 is 0 Å². The molecule has 14 rings (SSSR count). The van der Waals surface area contributed by atoms with Gasteiger partial charge in [0.2, 0.25) is 0 Å². The first-order chi connectivity index (χ1) is 34.4. The maximum absolute atomic E-state index is 6.21. The molecule has 2 nitrogen and oxygen atoms in total. The van der Waals surface area contributed by atoms with Crippen LogP contribution in [0.5, 0.6) is 0 Å². The van der Waals surface area contributed by atoms with Gasteiger partial charge >= 0.3 is 0 Å². The number of anilines is 3. The SMILES string of the molecule is CC1(C)c2cc(-c3ccc4ccccc4c3)ccc2-c2ccc(N(c3ccc(-c4ccc5oc6ccccc6c5c4)cc3)c3ccc4c(c3)-c3ccccc3C4(c3ccccc3)c3ccccc3)cc21. The Balaban J connectivity index is 0.924. The molecule has 12 aromatic rings. The quantitative estimate of drug-likeness (QED) is 0.158. The summed E-state index contributed by atoms with van der Waals surface area (Å²) in [6.45, 7) is 4.79. The van der Waals surface area contributed by atoms with Crippen molar-refractivity contribution in [3.05, 3.63) is 282 Å². The molecular weight excluding hydrogens is 847 g/mol. The number of fused-ring (bicyclic) bond motifs is 10. The van der Waals surface area contributed by atoms with E-state index >= 15 is 0 Å². The summed E-state index contributed by atoms with van der Waals surface area (Å²) in [7, 11) is 0. The predicted molar refractivity (Wildman–Crippen MR) is 292 cm³/mol. The van der Waals surface area contributed by atoms with Crippen molar-refractivity contribution < 1.29 is 4.42 Å². The van der Waals surface area contributed by atoms with Gasteiger partial charge in [-0.25, -0.2) is 0 Å². The molecule has 1 heterocycles. The third kappa shape index (κ3) is 5.99. The van der Waals surface area contributed by atoms with Crippen molar-refractivity contribution in [3.63, 3.8) is 0 Å². The molecule has 2 aliphatic rings. The molecule has 11 aromatic carbocycles. The van der Waals surface area contributed by atoms with Gasteiger partial charge in [0, 0.05) is 33.2 Å². The number of rotatable bonds is 7. The summed E-state index contributed by atoms with van der Waals surface area (Å²) in [5, 5.41) is 4.78. The second-order valence-electron chi connectivity index (χ2n) is 19.6. The maximum atomic E-state index is 6.21. The Kier molecular flexibility index (Phi) is 8.88. The first kappa shape index (κ1) is 40.4. The molecule has 0 spiro atoms. The van der Waals surface area contributed by atoms with Crippen LogP contribution in [0.4, 0.5) is 17.1 Å². The van der Waals surface area contributed by atoms with E-state index in [1.165, 1.54) is 77.5 Å². The Hall–Kier alpha value is -8.72. The van der Waals surface area contributed by atoms with Gasteiger partial charge in [-0.2, -0.15) is 0 Å². The number of hydrogen-bond donors (Lipinski definition) is 0. The summed E-state index contributed by atoms with van der Waals surface area (Å²) in [5.41, 5.74) is 22.1.